The minimum Gasteiger partial charge on any atom is -0.492 e. The van der Waals surface area contributed by atoms with E-state index in [2.05, 4.69) is 17.1 Å². The molecule has 4 nitrogen and oxygen atoms in total. The van der Waals surface area contributed by atoms with E-state index in [0.29, 0.717) is 23.1 Å². The van der Waals surface area contributed by atoms with Gasteiger partial charge in [0.1, 0.15) is 5.75 Å². The van der Waals surface area contributed by atoms with E-state index in [1.54, 1.807) is 6.07 Å². The highest BCUT2D eigenvalue weighted by molar-refractivity contribution is 6.31. The van der Waals surface area contributed by atoms with E-state index in [4.69, 9.17) is 16.3 Å². The van der Waals surface area contributed by atoms with E-state index < -0.39 is 0 Å². The number of aryl methyl sites for hydroxylation is 1. The molecule has 3 rings (SSSR count). The van der Waals surface area contributed by atoms with Crippen LogP contribution in [0.15, 0.2) is 12.1 Å². The molecule has 0 aromatic heterocycles. The van der Waals surface area contributed by atoms with Crippen LogP contribution in [0.4, 0.5) is 0 Å². The number of amides is 1. The van der Waals surface area contributed by atoms with Crippen LogP contribution in [-0.2, 0) is 6.42 Å². The van der Waals surface area contributed by atoms with Crippen molar-refractivity contribution in [2.45, 2.75) is 45.4 Å². The molecule has 0 saturated carbocycles. The smallest absolute Gasteiger partial charge is 0.255 e. The lowest BCUT2D eigenvalue weighted by Crippen LogP contribution is -2.39. The molecule has 2 heterocycles. The number of carbonyl (C=O) groups is 1. The number of piperidine rings is 1. The van der Waals surface area contributed by atoms with Gasteiger partial charge >= 0.3 is 0 Å². The molecule has 1 saturated heterocycles. The topological polar surface area (TPSA) is 41.6 Å². The second-order valence-corrected chi connectivity index (χ2v) is 7.68. The number of benzene rings is 1. The summed E-state index contributed by atoms with van der Waals surface area (Å²) in [5.41, 5.74) is 1.63. The van der Waals surface area contributed by atoms with Crippen molar-refractivity contribution >= 4 is 29.9 Å². The molecule has 1 N–H and O–H groups in total. The fraction of sp³-hybridized carbons (Fsp3) is 0.650. The molecule has 0 spiro atoms. The van der Waals surface area contributed by atoms with Gasteiger partial charge in [-0.25, -0.2) is 0 Å². The monoisotopic (exact) mass is 400 g/mol. The Morgan fingerprint density at radius 3 is 2.85 bits per heavy atom. The molecule has 146 valence electrons. The summed E-state index contributed by atoms with van der Waals surface area (Å²) in [5.74, 6) is 1.23. The van der Waals surface area contributed by atoms with Crippen molar-refractivity contribution in [3.05, 3.63) is 28.3 Å². The van der Waals surface area contributed by atoms with Crippen LogP contribution in [0.1, 0.15) is 54.9 Å². The van der Waals surface area contributed by atoms with Crippen LogP contribution in [0, 0.1) is 5.92 Å². The van der Waals surface area contributed by atoms with Crippen LogP contribution >= 0.6 is 24.0 Å². The van der Waals surface area contributed by atoms with E-state index in [9.17, 15) is 4.79 Å². The Morgan fingerprint density at radius 2 is 2.12 bits per heavy atom. The number of carbonyl (C=O) groups excluding carboxylic acids is 1. The number of halogens is 2. The van der Waals surface area contributed by atoms with Crippen LogP contribution in [0.3, 0.4) is 0 Å². The van der Waals surface area contributed by atoms with Crippen molar-refractivity contribution < 1.29 is 9.53 Å². The highest BCUT2D eigenvalue weighted by Crippen LogP contribution is 2.32. The molecular formula is C20H30Cl2N2O2. The lowest BCUT2D eigenvalue weighted by Gasteiger charge is -2.32. The number of fused-ring (bicyclic) bond motifs is 1. The molecule has 2 aliphatic heterocycles. The fourth-order valence-corrected chi connectivity index (χ4v) is 3.98. The van der Waals surface area contributed by atoms with Crippen molar-refractivity contribution in [2.75, 3.05) is 32.8 Å². The Balaban J connectivity index is 0.00000243. The minimum absolute atomic E-state index is 0. The van der Waals surface area contributed by atoms with Gasteiger partial charge in [0, 0.05) is 11.6 Å². The van der Waals surface area contributed by atoms with Gasteiger partial charge in [0.15, 0.2) is 0 Å². The molecule has 0 radical (unpaired) electrons. The summed E-state index contributed by atoms with van der Waals surface area (Å²) in [6.45, 7) is 7.15. The van der Waals surface area contributed by atoms with Gasteiger partial charge in [-0.2, -0.15) is 0 Å². The number of hydrogen-bond donors (Lipinski definition) is 1. The molecule has 0 atom stereocenters. The minimum atomic E-state index is -0.0611. The molecule has 0 unspecified atom stereocenters. The average molecular weight is 401 g/mol. The van der Waals surface area contributed by atoms with Gasteiger partial charge in [0.2, 0.25) is 0 Å². The lowest BCUT2D eigenvalue weighted by molar-refractivity contribution is 0.0931. The predicted molar refractivity (Wildman–Crippen MR) is 109 cm³/mol. The highest BCUT2D eigenvalue weighted by Gasteiger charge is 2.23. The number of nitrogens with zero attached hydrogens (tertiary/aromatic N) is 1. The summed E-state index contributed by atoms with van der Waals surface area (Å²) in [5, 5.41) is 3.72. The van der Waals surface area contributed by atoms with Crippen molar-refractivity contribution in [1.82, 2.24) is 10.2 Å². The first kappa shape index (κ1) is 21.3. The van der Waals surface area contributed by atoms with Gasteiger partial charge in [-0.1, -0.05) is 24.9 Å². The van der Waals surface area contributed by atoms with Gasteiger partial charge in [0.05, 0.1) is 12.2 Å². The summed E-state index contributed by atoms with van der Waals surface area (Å²) < 4.78 is 5.75. The van der Waals surface area contributed by atoms with E-state index in [1.165, 1.54) is 19.4 Å². The van der Waals surface area contributed by atoms with E-state index in [-0.39, 0.29) is 18.3 Å². The standard InChI is InChI=1S/C20H29ClN2O2.ClH/c1-2-3-8-23-9-6-15(7-10-23)14-22-20(24)18-13-17(21)12-16-5-4-11-25-19(16)18;/h12-13,15H,2-11,14H2,1H3,(H,22,24);1H. The number of rotatable bonds is 6. The highest BCUT2D eigenvalue weighted by atomic mass is 35.5. The third-order valence-corrected chi connectivity index (χ3v) is 5.52. The number of hydrogen-bond acceptors (Lipinski definition) is 3. The first-order valence-corrected chi connectivity index (χ1v) is 10.0. The molecule has 2 aliphatic rings. The quantitative estimate of drug-likeness (QED) is 0.772. The van der Waals surface area contributed by atoms with E-state index in [0.717, 1.165) is 56.6 Å². The summed E-state index contributed by atoms with van der Waals surface area (Å²) in [6, 6.07) is 3.65. The maximum absolute atomic E-state index is 12.7. The lowest BCUT2D eigenvalue weighted by atomic mass is 9.96. The Morgan fingerprint density at radius 1 is 1.35 bits per heavy atom. The van der Waals surface area contributed by atoms with Crippen molar-refractivity contribution in [3.8, 4) is 5.75 Å². The maximum atomic E-state index is 12.7. The Bertz CT molecular complexity index is 602. The van der Waals surface area contributed by atoms with Gasteiger partial charge in [-0.3, -0.25) is 4.79 Å². The molecule has 0 aliphatic carbocycles. The predicted octanol–water partition coefficient (Wildman–Crippen LogP) is 4.33. The van der Waals surface area contributed by atoms with Crippen molar-refractivity contribution in [2.24, 2.45) is 5.92 Å². The van der Waals surface area contributed by atoms with Gasteiger partial charge in [-0.15, -0.1) is 12.4 Å². The molecule has 0 bridgehead atoms. The zero-order chi connectivity index (χ0) is 17.6. The zero-order valence-corrected chi connectivity index (χ0v) is 17.1. The number of nitrogens with one attached hydrogen (secondary N) is 1. The third kappa shape index (κ3) is 5.51. The van der Waals surface area contributed by atoms with Crippen LogP contribution in [0.5, 0.6) is 5.75 Å². The van der Waals surface area contributed by atoms with Gasteiger partial charge < -0.3 is 15.0 Å². The zero-order valence-electron chi connectivity index (χ0n) is 15.6. The van der Waals surface area contributed by atoms with E-state index >= 15 is 0 Å². The molecule has 1 fully saturated rings. The first-order valence-electron chi connectivity index (χ1n) is 9.63. The van der Waals surface area contributed by atoms with Crippen molar-refractivity contribution in [3.63, 3.8) is 0 Å². The first-order chi connectivity index (χ1) is 12.2. The maximum Gasteiger partial charge on any atom is 0.255 e. The van der Waals surface area contributed by atoms with Crippen molar-refractivity contribution in [1.29, 1.82) is 0 Å². The normalized spacial score (nSPS) is 17.8. The largest absolute Gasteiger partial charge is 0.492 e. The number of likely N-dealkylation sites (tertiary alicyclic amines) is 1. The van der Waals surface area contributed by atoms with Crippen LogP contribution in [-0.4, -0.2) is 43.6 Å². The Labute approximate surface area is 168 Å². The van der Waals surface area contributed by atoms with Crippen LogP contribution < -0.4 is 10.1 Å². The molecule has 1 aromatic rings. The second kappa shape index (κ2) is 10.4. The SMILES string of the molecule is CCCCN1CCC(CNC(=O)c2cc(Cl)cc3c2OCCC3)CC1.Cl. The number of ether oxygens (including phenoxy) is 1. The molecule has 6 heteroatoms. The van der Waals surface area contributed by atoms with Crippen LogP contribution in [0.25, 0.3) is 0 Å². The van der Waals surface area contributed by atoms with Gasteiger partial charge in [-0.05, 0) is 75.4 Å². The van der Waals surface area contributed by atoms with E-state index in [1.807, 2.05) is 6.07 Å². The van der Waals surface area contributed by atoms with Gasteiger partial charge in [0.25, 0.3) is 5.91 Å². The molecule has 26 heavy (non-hydrogen) atoms. The Kier molecular flexibility index (Phi) is 8.52. The Hall–Kier alpha value is -0.970. The van der Waals surface area contributed by atoms with Crippen LogP contribution in [0.2, 0.25) is 5.02 Å². The number of unbranched alkanes of at least 4 members (excludes halogenated alkanes) is 1. The third-order valence-electron chi connectivity index (χ3n) is 5.30. The summed E-state index contributed by atoms with van der Waals surface area (Å²) in [6.07, 6.45) is 6.75. The molecule has 1 aromatic carbocycles. The summed E-state index contributed by atoms with van der Waals surface area (Å²) >= 11 is 6.19. The summed E-state index contributed by atoms with van der Waals surface area (Å²) in [4.78, 5) is 15.2. The summed E-state index contributed by atoms with van der Waals surface area (Å²) in [7, 11) is 0. The average Bonchev–Trinajstić information content (AvgIpc) is 2.64. The second-order valence-electron chi connectivity index (χ2n) is 7.24. The fourth-order valence-electron chi connectivity index (χ4n) is 3.74. The molecule has 1 amide bonds. The molecular weight excluding hydrogens is 371 g/mol.